The number of Topliss-reactive ketones (excluding diaryl/α,β-unsaturated/α-hetero) is 1. The molecule has 6 nitrogen and oxygen atoms in total. The van der Waals surface area contributed by atoms with Gasteiger partial charge in [-0.25, -0.2) is 4.79 Å². The number of aromatic nitrogens is 1. The fourth-order valence-corrected chi connectivity index (χ4v) is 4.60. The lowest BCUT2D eigenvalue weighted by Gasteiger charge is -2.21. The monoisotopic (exact) mass is 460 g/mol. The number of amides is 1. The molecule has 1 saturated carbocycles. The zero-order chi connectivity index (χ0) is 24.4. The van der Waals surface area contributed by atoms with Gasteiger partial charge in [-0.2, -0.15) is 0 Å². The fraction of sp³-hybridized carbons (Fsp3) is 0.393. The van der Waals surface area contributed by atoms with Gasteiger partial charge in [-0.1, -0.05) is 56.3 Å². The van der Waals surface area contributed by atoms with Crippen LogP contribution >= 0.6 is 0 Å². The van der Waals surface area contributed by atoms with Crippen LogP contribution < -0.4 is 5.32 Å². The second kappa shape index (κ2) is 9.84. The van der Waals surface area contributed by atoms with Gasteiger partial charge in [0.1, 0.15) is 6.04 Å². The summed E-state index contributed by atoms with van der Waals surface area (Å²) in [5.41, 5.74) is 3.46. The summed E-state index contributed by atoms with van der Waals surface area (Å²) in [5.74, 6) is -1.26. The fourth-order valence-electron chi connectivity index (χ4n) is 4.60. The van der Waals surface area contributed by atoms with Crippen molar-refractivity contribution in [2.45, 2.75) is 59.0 Å². The second-order valence-electron chi connectivity index (χ2n) is 9.52. The average molecular weight is 461 g/mol. The first-order chi connectivity index (χ1) is 16.3. The van der Waals surface area contributed by atoms with Crippen molar-refractivity contribution in [2.75, 3.05) is 6.61 Å². The molecule has 1 heterocycles. The first-order valence-corrected chi connectivity index (χ1v) is 11.9. The van der Waals surface area contributed by atoms with E-state index < -0.39 is 12.0 Å². The van der Waals surface area contributed by atoms with E-state index in [-0.39, 0.29) is 30.6 Å². The highest BCUT2D eigenvalue weighted by molar-refractivity contribution is 5.99. The minimum Gasteiger partial charge on any atom is -0.456 e. The van der Waals surface area contributed by atoms with Gasteiger partial charge < -0.3 is 14.6 Å². The van der Waals surface area contributed by atoms with Crippen molar-refractivity contribution >= 4 is 28.4 Å². The van der Waals surface area contributed by atoms with E-state index in [1.54, 1.807) is 0 Å². The summed E-state index contributed by atoms with van der Waals surface area (Å²) in [6.45, 7) is 7.28. The van der Waals surface area contributed by atoms with E-state index >= 15 is 0 Å². The number of carbonyl (C=O) groups is 3. The van der Waals surface area contributed by atoms with Crippen LogP contribution in [-0.2, 0) is 20.7 Å². The summed E-state index contributed by atoms with van der Waals surface area (Å²) in [6, 6.07) is 15.3. The predicted molar refractivity (Wildman–Crippen MR) is 132 cm³/mol. The molecule has 3 aromatic rings. The van der Waals surface area contributed by atoms with Crippen molar-refractivity contribution in [1.29, 1.82) is 0 Å². The highest BCUT2D eigenvalue weighted by atomic mass is 16.5. The van der Waals surface area contributed by atoms with Gasteiger partial charge >= 0.3 is 5.97 Å². The number of esters is 1. The molecular formula is C28H32N2O4. The summed E-state index contributed by atoms with van der Waals surface area (Å²) in [4.78, 5) is 38.4. The molecule has 1 fully saturated rings. The van der Waals surface area contributed by atoms with Crippen molar-refractivity contribution in [1.82, 2.24) is 9.88 Å². The Morgan fingerprint density at radius 3 is 2.47 bits per heavy atom. The van der Waals surface area contributed by atoms with E-state index in [0.29, 0.717) is 11.6 Å². The lowest BCUT2D eigenvalue weighted by Crippen LogP contribution is -2.46. The maximum atomic E-state index is 12.8. The molecule has 34 heavy (non-hydrogen) atoms. The van der Waals surface area contributed by atoms with Crippen LogP contribution in [0.15, 0.2) is 48.5 Å². The summed E-state index contributed by atoms with van der Waals surface area (Å²) in [7, 11) is 0. The number of fused-ring (bicyclic) bond motifs is 1. The Labute approximate surface area is 200 Å². The van der Waals surface area contributed by atoms with E-state index in [1.165, 1.54) is 0 Å². The SMILES string of the molecule is Cc1cc(C(=O)COC(=O)[C@H](NC(=O)Cc2cccc3ccccc23)C(C)C)c(C)n1C1CC1. The summed E-state index contributed by atoms with van der Waals surface area (Å²) < 4.78 is 7.56. The molecule has 4 rings (SSSR count). The Bertz CT molecular complexity index is 1230. The summed E-state index contributed by atoms with van der Waals surface area (Å²) in [6.07, 6.45) is 2.42. The molecule has 6 heteroatoms. The maximum Gasteiger partial charge on any atom is 0.329 e. The molecule has 1 aliphatic rings. The summed E-state index contributed by atoms with van der Waals surface area (Å²) in [5, 5.41) is 4.89. The zero-order valence-corrected chi connectivity index (χ0v) is 20.3. The van der Waals surface area contributed by atoms with Crippen LogP contribution in [0.2, 0.25) is 0 Å². The molecule has 0 saturated heterocycles. The normalized spacial score (nSPS) is 14.3. The average Bonchev–Trinajstić information content (AvgIpc) is 3.59. The molecule has 0 unspecified atom stereocenters. The molecule has 2 aromatic carbocycles. The Morgan fingerprint density at radius 1 is 1.06 bits per heavy atom. The molecule has 1 amide bonds. The Balaban J connectivity index is 1.38. The second-order valence-corrected chi connectivity index (χ2v) is 9.52. The van der Waals surface area contributed by atoms with E-state index in [9.17, 15) is 14.4 Å². The number of nitrogens with one attached hydrogen (secondary N) is 1. The lowest BCUT2D eigenvalue weighted by molar-refractivity contribution is -0.148. The number of hydrogen-bond acceptors (Lipinski definition) is 4. The number of nitrogens with zero attached hydrogens (tertiary/aromatic N) is 1. The van der Waals surface area contributed by atoms with Gasteiger partial charge in [-0.05, 0) is 55.0 Å². The van der Waals surface area contributed by atoms with Crippen molar-refractivity contribution < 1.29 is 19.1 Å². The quantitative estimate of drug-likeness (QED) is 0.371. The van der Waals surface area contributed by atoms with Crippen molar-refractivity contribution in [3.8, 4) is 0 Å². The lowest BCUT2D eigenvalue weighted by atomic mass is 10.0. The standard InChI is InChI=1S/C28H32N2O4/c1-17(2)27(29-26(32)15-21-10-7-9-20-8-5-6-11-23(20)21)28(33)34-16-25(31)24-14-18(3)30(19(24)4)22-12-13-22/h5-11,14,17,22,27H,12-13,15-16H2,1-4H3,(H,29,32)/t27-/m1/s1. The van der Waals surface area contributed by atoms with Crippen molar-refractivity contribution in [2.24, 2.45) is 5.92 Å². The number of carbonyl (C=O) groups excluding carboxylic acids is 3. The van der Waals surface area contributed by atoms with E-state index in [0.717, 1.165) is 40.6 Å². The number of aryl methyl sites for hydroxylation is 1. The zero-order valence-electron chi connectivity index (χ0n) is 20.3. The van der Waals surface area contributed by atoms with Crippen LogP contribution in [0.3, 0.4) is 0 Å². The van der Waals surface area contributed by atoms with Crippen LogP contribution in [0.5, 0.6) is 0 Å². The minimum absolute atomic E-state index is 0.157. The number of benzene rings is 2. The van der Waals surface area contributed by atoms with Gasteiger partial charge in [0.2, 0.25) is 11.7 Å². The predicted octanol–water partition coefficient (Wildman–Crippen LogP) is 4.70. The highest BCUT2D eigenvalue weighted by Gasteiger charge is 2.30. The third-order valence-corrected chi connectivity index (χ3v) is 6.51. The largest absolute Gasteiger partial charge is 0.456 e. The van der Waals surface area contributed by atoms with E-state index in [4.69, 9.17) is 4.74 Å². The minimum atomic E-state index is -0.825. The van der Waals surface area contributed by atoms with Crippen LogP contribution in [0.4, 0.5) is 0 Å². The van der Waals surface area contributed by atoms with E-state index in [2.05, 4.69) is 9.88 Å². The molecular weight excluding hydrogens is 428 g/mol. The van der Waals surface area contributed by atoms with Crippen LogP contribution in [-0.4, -0.2) is 34.9 Å². The van der Waals surface area contributed by atoms with Gasteiger partial charge in [0.25, 0.3) is 0 Å². The van der Waals surface area contributed by atoms with Crippen LogP contribution in [0, 0.1) is 19.8 Å². The first kappa shape index (κ1) is 23.7. The topological polar surface area (TPSA) is 77.4 Å². The van der Waals surface area contributed by atoms with Crippen molar-refractivity contribution in [3.05, 3.63) is 71.0 Å². The number of rotatable bonds is 9. The molecule has 0 radical (unpaired) electrons. The van der Waals surface area contributed by atoms with Crippen LogP contribution in [0.1, 0.15) is 60.0 Å². The van der Waals surface area contributed by atoms with E-state index in [1.807, 2.05) is 76.2 Å². The highest BCUT2D eigenvalue weighted by Crippen LogP contribution is 2.38. The molecule has 1 N–H and O–H groups in total. The number of ether oxygens (including phenoxy) is 1. The Kier molecular flexibility index (Phi) is 6.87. The molecule has 0 bridgehead atoms. The maximum absolute atomic E-state index is 12.8. The molecule has 1 atom stereocenters. The molecule has 178 valence electrons. The summed E-state index contributed by atoms with van der Waals surface area (Å²) >= 11 is 0. The third kappa shape index (κ3) is 5.06. The van der Waals surface area contributed by atoms with Gasteiger partial charge in [-0.3, -0.25) is 9.59 Å². The Hall–Kier alpha value is -3.41. The Morgan fingerprint density at radius 2 is 1.76 bits per heavy atom. The van der Waals surface area contributed by atoms with Gasteiger partial charge in [0.15, 0.2) is 6.61 Å². The van der Waals surface area contributed by atoms with Gasteiger partial charge in [-0.15, -0.1) is 0 Å². The number of hydrogen-bond donors (Lipinski definition) is 1. The van der Waals surface area contributed by atoms with Gasteiger partial charge in [0.05, 0.1) is 6.42 Å². The number of ketones is 1. The molecule has 0 aliphatic heterocycles. The molecule has 1 aromatic heterocycles. The van der Waals surface area contributed by atoms with Gasteiger partial charge in [0, 0.05) is 23.0 Å². The third-order valence-electron chi connectivity index (χ3n) is 6.51. The molecule has 0 spiro atoms. The van der Waals surface area contributed by atoms with Crippen molar-refractivity contribution in [3.63, 3.8) is 0 Å². The van der Waals surface area contributed by atoms with Crippen LogP contribution in [0.25, 0.3) is 10.8 Å². The smallest absolute Gasteiger partial charge is 0.329 e. The molecule has 1 aliphatic carbocycles. The first-order valence-electron chi connectivity index (χ1n) is 11.9.